The van der Waals surface area contributed by atoms with Gasteiger partial charge in [-0.3, -0.25) is 0 Å². The highest BCUT2D eigenvalue weighted by Gasteiger charge is 2.69. The van der Waals surface area contributed by atoms with Gasteiger partial charge in [0.05, 0.1) is 50.0 Å². The van der Waals surface area contributed by atoms with Gasteiger partial charge in [0.25, 0.3) is 0 Å². The molecule has 1 aromatic carbocycles. The summed E-state index contributed by atoms with van der Waals surface area (Å²) in [5.74, 6) is -0.252. The van der Waals surface area contributed by atoms with Crippen LogP contribution in [0.15, 0.2) is 29.5 Å². The molecule has 152 valence electrons. The first-order valence-electron chi connectivity index (χ1n) is 9.78. The van der Waals surface area contributed by atoms with Crippen LogP contribution in [0.3, 0.4) is 0 Å². The number of aliphatic hydroxyl groups excluding tert-OH is 1. The normalized spacial score (nSPS) is 38.1. The molecule has 6 nitrogen and oxygen atoms in total. The third kappa shape index (κ3) is 2.14. The van der Waals surface area contributed by atoms with Crippen LogP contribution in [0.1, 0.15) is 25.3 Å². The van der Waals surface area contributed by atoms with Gasteiger partial charge in [-0.2, -0.15) is 0 Å². The van der Waals surface area contributed by atoms with Crippen molar-refractivity contribution in [1.29, 1.82) is 0 Å². The molecule has 0 aromatic heterocycles. The van der Waals surface area contributed by atoms with Gasteiger partial charge in [0.2, 0.25) is 0 Å². The Bertz CT molecular complexity index is 885. The molecule has 1 aliphatic carbocycles. The van der Waals surface area contributed by atoms with E-state index < -0.39 is 12.1 Å². The first-order valence-corrected chi connectivity index (χ1v) is 9.78. The van der Waals surface area contributed by atoms with Gasteiger partial charge in [0.1, 0.15) is 11.8 Å². The molecule has 4 aliphatic rings. The van der Waals surface area contributed by atoms with Crippen LogP contribution in [0.5, 0.6) is 5.75 Å². The van der Waals surface area contributed by atoms with E-state index >= 15 is 0 Å². The summed E-state index contributed by atoms with van der Waals surface area (Å²) in [6, 6.07) is 6.40. The fourth-order valence-electron chi connectivity index (χ4n) is 6.74. The number of likely N-dealkylation sites (N-methyl/N-ethyl adjacent to an activating group) is 1. The lowest BCUT2D eigenvalue weighted by atomic mass is 9.59. The highest BCUT2D eigenvalue weighted by Crippen LogP contribution is 2.64. The number of fused-ring (bicyclic) bond motifs is 2. The Kier molecular flexibility index (Phi) is 4.27. The molecule has 1 spiro atoms. The van der Waals surface area contributed by atoms with Crippen LogP contribution in [0, 0.1) is 11.8 Å². The second-order valence-electron chi connectivity index (χ2n) is 8.97. The molecule has 2 bridgehead atoms. The average Bonchev–Trinajstić information content (AvgIpc) is 3.14. The van der Waals surface area contributed by atoms with Gasteiger partial charge in [-0.05, 0) is 18.6 Å². The molecule has 5 rings (SSSR count). The zero-order chi connectivity index (χ0) is 19.1. The molecule has 1 unspecified atom stereocenters. The van der Waals surface area contributed by atoms with Crippen molar-refractivity contribution in [2.45, 2.75) is 37.3 Å². The number of carbonyl (C=O) groups is 1. The highest BCUT2D eigenvalue weighted by molar-refractivity contribution is 5.92. The van der Waals surface area contributed by atoms with Crippen LogP contribution in [-0.2, 0) is 10.2 Å². The van der Waals surface area contributed by atoms with E-state index in [1.165, 1.54) is 5.56 Å². The summed E-state index contributed by atoms with van der Waals surface area (Å²) in [5.41, 5.74) is 3.14. The minimum Gasteiger partial charge on any atom is -1.00 e. The zero-order valence-corrected chi connectivity index (χ0v) is 17.2. The van der Waals surface area contributed by atoms with Crippen LogP contribution in [0.25, 0.3) is 0 Å². The van der Waals surface area contributed by atoms with E-state index in [1.54, 1.807) is 14.0 Å². The van der Waals surface area contributed by atoms with Crippen molar-refractivity contribution < 1.29 is 36.6 Å². The molecule has 28 heavy (non-hydrogen) atoms. The van der Waals surface area contributed by atoms with Crippen molar-refractivity contribution in [2.75, 3.05) is 32.6 Å². The number of anilines is 1. The third-order valence-corrected chi connectivity index (χ3v) is 7.87. The highest BCUT2D eigenvalue weighted by atomic mass is 35.5. The molecule has 1 aromatic rings. The number of ether oxygens (including phenoxy) is 1. The Labute approximate surface area is 171 Å². The Hall–Kier alpha value is -1.76. The molecule has 2 saturated heterocycles. The lowest BCUT2D eigenvalue weighted by molar-refractivity contribution is -0.933. The molecule has 3 N–H and O–H groups in total. The number of piperidine rings is 1. The van der Waals surface area contributed by atoms with Crippen molar-refractivity contribution in [2.24, 2.45) is 11.8 Å². The monoisotopic (exact) mass is 406 g/mol. The standard InChI is InChI=1S/C21H26N2O4.ClH/c1-11(24)13-10-23(2)8-7-21-14-5-4-6-15(27-3)18(14)22-19(21)17(20(25)26)12(13)9-16(21)23;/h4-6,11-13,16,22,24H,7-10H2,1-3H3;1H/t11-,12-,13-,16-,21+,23?;/m0./s1. The lowest BCUT2D eigenvalue weighted by Gasteiger charge is -2.54. The number of carboxylic acids is 1. The third-order valence-electron chi connectivity index (χ3n) is 7.87. The van der Waals surface area contributed by atoms with Gasteiger partial charge in [0, 0.05) is 30.4 Å². The number of para-hydroxylation sites is 1. The molecule has 0 radical (unpaired) electrons. The maximum absolute atomic E-state index is 12.4. The Balaban J connectivity index is 0.00000192. The quantitative estimate of drug-likeness (QED) is 0.558. The number of hydrogen-bond donors (Lipinski definition) is 3. The number of nitrogens with one attached hydrogen (secondary N) is 1. The fourth-order valence-corrected chi connectivity index (χ4v) is 6.74. The summed E-state index contributed by atoms with van der Waals surface area (Å²) < 4.78 is 6.48. The van der Waals surface area contributed by atoms with Crippen LogP contribution in [0.2, 0.25) is 0 Å². The van der Waals surface area contributed by atoms with Gasteiger partial charge in [-0.25, -0.2) is 4.79 Å². The molecule has 3 heterocycles. The maximum Gasteiger partial charge on any atom is 0.333 e. The number of benzene rings is 1. The molecule has 2 fully saturated rings. The van der Waals surface area contributed by atoms with E-state index in [0.717, 1.165) is 47.5 Å². The maximum atomic E-state index is 12.4. The molecule has 6 atom stereocenters. The van der Waals surface area contributed by atoms with E-state index in [1.807, 2.05) is 12.1 Å². The minimum absolute atomic E-state index is 0. The van der Waals surface area contributed by atoms with Crippen LogP contribution in [-0.4, -0.2) is 60.1 Å². The van der Waals surface area contributed by atoms with E-state index in [4.69, 9.17) is 4.74 Å². The number of carboxylic acid groups (broad SMARTS) is 1. The Morgan fingerprint density at radius 1 is 1.43 bits per heavy atom. The van der Waals surface area contributed by atoms with Gasteiger partial charge in [-0.1, -0.05) is 12.1 Å². The minimum atomic E-state index is -0.860. The van der Waals surface area contributed by atoms with Crippen LogP contribution in [0.4, 0.5) is 5.69 Å². The number of rotatable bonds is 3. The van der Waals surface area contributed by atoms with E-state index in [9.17, 15) is 15.0 Å². The molecule has 0 amide bonds. The number of aliphatic hydroxyl groups is 1. The Morgan fingerprint density at radius 3 is 2.82 bits per heavy atom. The summed E-state index contributed by atoms with van der Waals surface area (Å²) in [5, 5.41) is 24.1. The Morgan fingerprint density at radius 2 is 2.18 bits per heavy atom. The largest absolute Gasteiger partial charge is 1.00 e. The molecule has 7 heteroatoms. The van der Waals surface area contributed by atoms with Crippen molar-refractivity contribution in [3.8, 4) is 5.75 Å². The summed E-state index contributed by atoms with van der Waals surface area (Å²) in [7, 11) is 3.94. The molecule has 0 saturated carbocycles. The number of aliphatic carboxylic acids is 1. The van der Waals surface area contributed by atoms with Crippen molar-refractivity contribution in [1.82, 2.24) is 0 Å². The molecule has 3 aliphatic heterocycles. The zero-order valence-electron chi connectivity index (χ0n) is 16.4. The second kappa shape index (κ2) is 6.12. The number of hydrogen-bond acceptors (Lipinski definition) is 4. The summed E-state index contributed by atoms with van der Waals surface area (Å²) in [6.07, 6.45) is 1.22. The fraction of sp³-hybridized carbons (Fsp3) is 0.571. The number of nitrogens with zero attached hydrogens (tertiary/aromatic N) is 1. The molecular formula is C21H27ClN2O4. The first-order chi connectivity index (χ1) is 12.8. The SMILES string of the molecule is COc1cccc2c1NC1=C(C(=O)O)[C@H]3C[C@H]4[C@]12CC[N+]4(C)C[C@H]3[C@H](C)O.[Cl-]. The van der Waals surface area contributed by atoms with Gasteiger partial charge in [0.15, 0.2) is 0 Å². The lowest BCUT2D eigenvalue weighted by Crippen LogP contribution is -3.00. The number of quaternary nitrogens is 1. The smallest absolute Gasteiger partial charge is 0.333 e. The number of methoxy groups -OCH3 is 1. The van der Waals surface area contributed by atoms with E-state index in [0.29, 0.717) is 11.6 Å². The van der Waals surface area contributed by atoms with E-state index in [2.05, 4.69) is 18.4 Å². The molecular weight excluding hydrogens is 380 g/mol. The van der Waals surface area contributed by atoms with E-state index in [-0.39, 0.29) is 29.7 Å². The van der Waals surface area contributed by atoms with Gasteiger partial charge < -0.3 is 37.2 Å². The van der Waals surface area contributed by atoms with Gasteiger partial charge >= 0.3 is 5.97 Å². The predicted molar refractivity (Wildman–Crippen MR) is 101 cm³/mol. The summed E-state index contributed by atoms with van der Waals surface area (Å²) in [6.45, 7) is 3.63. The predicted octanol–water partition coefficient (Wildman–Crippen LogP) is -1.05. The number of halogens is 1. The average molecular weight is 407 g/mol. The van der Waals surface area contributed by atoms with Crippen molar-refractivity contribution >= 4 is 11.7 Å². The van der Waals surface area contributed by atoms with Crippen molar-refractivity contribution in [3.63, 3.8) is 0 Å². The van der Waals surface area contributed by atoms with Crippen LogP contribution >= 0.6 is 0 Å². The van der Waals surface area contributed by atoms with Crippen molar-refractivity contribution in [3.05, 3.63) is 35.0 Å². The topological polar surface area (TPSA) is 78.8 Å². The first kappa shape index (κ1) is 19.6. The summed E-state index contributed by atoms with van der Waals surface area (Å²) in [4.78, 5) is 12.4. The van der Waals surface area contributed by atoms with Crippen LogP contribution < -0.4 is 22.5 Å². The second-order valence-corrected chi connectivity index (χ2v) is 8.97. The van der Waals surface area contributed by atoms with Gasteiger partial charge in [-0.15, -0.1) is 0 Å². The summed E-state index contributed by atoms with van der Waals surface area (Å²) >= 11 is 0.